The molecular formula is C21H14Cl2F3N3S2. The largest absolute Gasteiger partial charge is 0.435 e. The quantitative estimate of drug-likeness (QED) is 0.266. The van der Waals surface area contributed by atoms with Crippen LogP contribution in [-0.2, 0) is 6.18 Å². The lowest BCUT2D eigenvalue weighted by atomic mass is 10.1. The van der Waals surface area contributed by atoms with Crippen molar-refractivity contribution in [2.45, 2.75) is 18.1 Å². The number of benzene rings is 1. The van der Waals surface area contributed by atoms with Crippen molar-refractivity contribution >= 4 is 46.3 Å². The van der Waals surface area contributed by atoms with E-state index in [-0.39, 0.29) is 16.4 Å². The molecule has 3 nitrogen and oxygen atoms in total. The number of halogens is 5. The lowest BCUT2D eigenvalue weighted by Gasteiger charge is -2.09. The van der Waals surface area contributed by atoms with Crippen LogP contribution >= 0.6 is 46.3 Å². The van der Waals surface area contributed by atoms with Gasteiger partial charge >= 0.3 is 6.18 Å². The van der Waals surface area contributed by atoms with Gasteiger partial charge in [0, 0.05) is 16.8 Å². The summed E-state index contributed by atoms with van der Waals surface area (Å²) in [6.07, 6.45) is -0.880. The van der Waals surface area contributed by atoms with Crippen LogP contribution in [0.1, 0.15) is 11.3 Å². The molecule has 0 radical (unpaired) electrons. The predicted octanol–water partition coefficient (Wildman–Crippen LogP) is 8.02. The second-order valence-electron chi connectivity index (χ2n) is 6.67. The molecule has 0 aliphatic carbocycles. The molecule has 0 atom stereocenters. The Morgan fingerprint density at radius 3 is 2.52 bits per heavy atom. The number of thioether (sulfide) groups is 1. The van der Waals surface area contributed by atoms with Gasteiger partial charge in [0.05, 0.1) is 26.3 Å². The molecule has 160 valence electrons. The molecular weight excluding hydrogens is 486 g/mol. The lowest BCUT2D eigenvalue weighted by Crippen LogP contribution is -2.07. The number of hydrogen-bond donors (Lipinski definition) is 0. The fourth-order valence-corrected chi connectivity index (χ4v) is 4.90. The Labute approximate surface area is 194 Å². The third-order valence-corrected chi connectivity index (χ3v) is 6.87. The van der Waals surface area contributed by atoms with Gasteiger partial charge in [0.25, 0.3) is 0 Å². The zero-order valence-corrected chi connectivity index (χ0v) is 19.3. The fraction of sp³-hybridized carbons (Fsp3) is 0.143. The Morgan fingerprint density at radius 1 is 1.06 bits per heavy atom. The fourth-order valence-electron chi connectivity index (χ4n) is 3.08. The number of aryl methyl sites for hydroxylation is 1. The van der Waals surface area contributed by atoms with Crippen LogP contribution in [0, 0.1) is 6.92 Å². The summed E-state index contributed by atoms with van der Waals surface area (Å²) in [5.41, 5.74) is 2.33. The summed E-state index contributed by atoms with van der Waals surface area (Å²) in [5, 5.41) is 7.19. The molecule has 0 aliphatic heterocycles. The zero-order valence-electron chi connectivity index (χ0n) is 16.2. The predicted molar refractivity (Wildman–Crippen MR) is 122 cm³/mol. The van der Waals surface area contributed by atoms with Crippen molar-refractivity contribution < 1.29 is 13.2 Å². The highest BCUT2D eigenvalue weighted by atomic mass is 35.5. The van der Waals surface area contributed by atoms with E-state index in [1.54, 1.807) is 24.0 Å². The Balaban J connectivity index is 1.84. The van der Waals surface area contributed by atoms with Gasteiger partial charge < -0.3 is 0 Å². The van der Waals surface area contributed by atoms with Crippen molar-refractivity contribution in [3.8, 4) is 27.4 Å². The molecule has 0 amide bonds. The van der Waals surface area contributed by atoms with Crippen molar-refractivity contribution in [1.29, 1.82) is 0 Å². The summed E-state index contributed by atoms with van der Waals surface area (Å²) in [6.45, 7) is 1.97. The summed E-state index contributed by atoms with van der Waals surface area (Å²) in [7, 11) is 0. The third-order valence-electron chi connectivity index (χ3n) is 4.54. The average molecular weight is 500 g/mol. The maximum atomic E-state index is 13.4. The van der Waals surface area contributed by atoms with Gasteiger partial charge in [0.15, 0.2) is 5.69 Å². The van der Waals surface area contributed by atoms with Crippen molar-refractivity contribution in [2.75, 3.05) is 6.26 Å². The maximum absolute atomic E-state index is 13.4. The van der Waals surface area contributed by atoms with Crippen molar-refractivity contribution in [1.82, 2.24) is 14.8 Å². The third kappa shape index (κ3) is 4.48. The van der Waals surface area contributed by atoms with E-state index in [4.69, 9.17) is 23.2 Å². The summed E-state index contributed by atoms with van der Waals surface area (Å²) in [5.74, 6) is 0. The highest BCUT2D eigenvalue weighted by Crippen LogP contribution is 2.39. The molecule has 0 spiro atoms. The Morgan fingerprint density at radius 2 is 1.84 bits per heavy atom. The number of aromatic nitrogens is 3. The summed E-state index contributed by atoms with van der Waals surface area (Å²) in [4.78, 5) is 5.06. The van der Waals surface area contributed by atoms with Gasteiger partial charge in [-0.25, -0.2) is 9.67 Å². The minimum atomic E-state index is -4.60. The van der Waals surface area contributed by atoms with Gasteiger partial charge in [-0.2, -0.15) is 18.3 Å². The van der Waals surface area contributed by atoms with Crippen LogP contribution in [0.15, 0.2) is 53.0 Å². The van der Waals surface area contributed by atoms with Crippen LogP contribution < -0.4 is 0 Å². The smallest absolute Gasteiger partial charge is 0.249 e. The van der Waals surface area contributed by atoms with E-state index in [1.807, 2.05) is 30.7 Å². The highest BCUT2D eigenvalue weighted by molar-refractivity contribution is 7.98. The van der Waals surface area contributed by atoms with Crippen LogP contribution in [0.3, 0.4) is 0 Å². The standard InChI is InChI=1S/C21H14Cl2F3N3S2/c1-11-5-12(9-27-20(11)30-2)13-6-18(31-10-13)17-8-19(21(24,25)26)28-29(17)16-7-14(22)3-4-15(16)23/h3-10H,1-2H3. The summed E-state index contributed by atoms with van der Waals surface area (Å²) in [6, 6.07) is 9.44. The summed E-state index contributed by atoms with van der Waals surface area (Å²) < 4.78 is 41.5. The molecule has 3 aromatic heterocycles. The Bertz CT molecular complexity index is 1270. The first-order valence-electron chi connectivity index (χ1n) is 8.90. The maximum Gasteiger partial charge on any atom is 0.435 e. The molecule has 10 heteroatoms. The van der Waals surface area contributed by atoms with E-state index in [2.05, 4.69) is 10.1 Å². The number of alkyl halides is 3. The zero-order chi connectivity index (χ0) is 22.3. The van der Waals surface area contributed by atoms with Crippen LogP contribution in [-0.4, -0.2) is 21.0 Å². The number of thiophene rings is 1. The lowest BCUT2D eigenvalue weighted by molar-refractivity contribution is -0.141. The minimum absolute atomic E-state index is 0.242. The highest BCUT2D eigenvalue weighted by Gasteiger charge is 2.35. The monoisotopic (exact) mass is 499 g/mol. The van der Waals surface area contributed by atoms with Crippen molar-refractivity contribution in [2.24, 2.45) is 0 Å². The number of pyridine rings is 1. The molecule has 0 unspecified atom stereocenters. The first kappa shape index (κ1) is 22.2. The SMILES string of the molecule is CSc1ncc(-c2csc(-c3cc(C(F)(F)F)nn3-c3cc(Cl)ccc3Cl)c2)cc1C. The molecule has 0 N–H and O–H groups in total. The number of hydrogen-bond acceptors (Lipinski definition) is 4. The van der Waals surface area contributed by atoms with E-state index >= 15 is 0 Å². The van der Waals surface area contributed by atoms with Crippen LogP contribution in [0.5, 0.6) is 0 Å². The molecule has 0 aliphatic rings. The van der Waals surface area contributed by atoms with E-state index in [0.29, 0.717) is 9.90 Å². The second kappa shape index (κ2) is 8.50. The Kier molecular flexibility index (Phi) is 6.09. The number of nitrogens with zero attached hydrogens (tertiary/aromatic N) is 3. The van der Waals surface area contributed by atoms with Crippen LogP contribution in [0.25, 0.3) is 27.4 Å². The van der Waals surface area contributed by atoms with Crippen molar-refractivity contribution in [3.63, 3.8) is 0 Å². The van der Waals surface area contributed by atoms with Gasteiger partial charge in [0.2, 0.25) is 0 Å². The first-order chi connectivity index (χ1) is 14.7. The molecule has 0 saturated heterocycles. The first-order valence-corrected chi connectivity index (χ1v) is 11.8. The molecule has 3 heterocycles. The normalized spacial score (nSPS) is 11.8. The molecule has 1 aromatic carbocycles. The molecule has 31 heavy (non-hydrogen) atoms. The van der Waals surface area contributed by atoms with Gasteiger partial charge in [0.1, 0.15) is 0 Å². The van der Waals surface area contributed by atoms with E-state index < -0.39 is 11.9 Å². The average Bonchev–Trinajstić information content (AvgIpc) is 3.36. The van der Waals surface area contributed by atoms with E-state index in [9.17, 15) is 13.2 Å². The molecule has 4 rings (SSSR count). The molecule has 0 fully saturated rings. The van der Waals surface area contributed by atoms with Crippen LogP contribution in [0.4, 0.5) is 13.2 Å². The topological polar surface area (TPSA) is 30.7 Å². The molecule has 0 bridgehead atoms. The van der Waals surface area contributed by atoms with Crippen molar-refractivity contribution in [3.05, 3.63) is 69.3 Å². The van der Waals surface area contributed by atoms with E-state index in [1.165, 1.54) is 28.2 Å². The van der Waals surface area contributed by atoms with Gasteiger partial charge in [-0.05, 0) is 66.1 Å². The second-order valence-corrected chi connectivity index (χ2v) is 9.22. The minimum Gasteiger partial charge on any atom is -0.249 e. The Hall–Kier alpha value is -2.00. The number of rotatable bonds is 4. The van der Waals surface area contributed by atoms with Crippen LogP contribution in [0.2, 0.25) is 10.0 Å². The van der Waals surface area contributed by atoms with Gasteiger partial charge in [-0.15, -0.1) is 23.1 Å². The van der Waals surface area contributed by atoms with Gasteiger partial charge in [-0.3, -0.25) is 0 Å². The molecule has 4 aromatic rings. The van der Waals surface area contributed by atoms with Gasteiger partial charge in [-0.1, -0.05) is 23.2 Å². The van der Waals surface area contributed by atoms with E-state index in [0.717, 1.165) is 27.8 Å². The molecule has 0 saturated carbocycles. The summed E-state index contributed by atoms with van der Waals surface area (Å²) >= 11 is 15.2.